The van der Waals surface area contributed by atoms with Gasteiger partial charge in [0.25, 0.3) is 0 Å². The summed E-state index contributed by atoms with van der Waals surface area (Å²) >= 11 is 0. The van der Waals surface area contributed by atoms with Gasteiger partial charge in [0.1, 0.15) is 0 Å². The highest BCUT2D eigenvalue weighted by Gasteiger charge is 2.10. The predicted molar refractivity (Wildman–Crippen MR) is 47.4 cm³/mol. The SMILES string of the molecule is CC1=CC(CCCO)CCC1. The molecule has 1 atom stereocenters. The van der Waals surface area contributed by atoms with Crippen LogP contribution in [0.2, 0.25) is 0 Å². The Kier molecular flexibility index (Phi) is 3.64. The molecule has 1 aliphatic rings. The van der Waals surface area contributed by atoms with Crippen molar-refractivity contribution in [1.82, 2.24) is 0 Å². The van der Waals surface area contributed by atoms with Crippen molar-refractivity contribution < 1.29 is 5.11 Å². The quantitative estimate of drug-likeness (QED) is 0.619. The molecule has 64 valence electrons. The number of hydrogen-bond donors (Lipinski definition) is 1. The van der Waals surface area contributed by atoms with E-state index in [1.165, 1.54) is 25.7 Å². The van der Waals surface area contributed by atoms with Gasteiger partial charge in [0.2, 0.25) is 0 Å². The Balaban J connectivity index is 2.28. The van der Waals surface area contributed by atoms with Gasteiger partial charge in [-0.15, -0.1) is 0 Å². The lowest BCUT2D eigenvalue weighted by Gasteiger charge is -2.18. The molecule has 1 heteroatoms. The summed E-state index contributed by atoms with van der Waals surface area (Å²) in [6.45, 7) is 2.56. The first-order valence-electron chi connectivity index (χ1n) is 4.61. The van der Waals surface area contributed by atoms with Crippen LogP contribution in [-0.2, 0) is 0 Å². The van der Waals surface area contributed by atoms with Crippen molar-refractivity contribution in [2.75, 3.05) is 6.61 Å². The fraction of sp³-hybridized carbons (Fsp3) is 0.800. The lowest BCUT2D eigenvalue weighted by atomic mass is 9.88. The van der Waals surface area contributed by atoms with Gasteiger partial charge in [-0.05, 0) is 44.9 Å². The lowest BCUT2D eigenvalue weighted by Crippen LogP contribution is -2.04. The maximum absolute atomic E-state index is 8.64. The zero-order valence-electron chi connectivity index (χ0n) is 7.34. The molecule has 0 saturated heterocycles. The molecule has 1 N–H and O–H groups in total. The Hall–Kier alpha value is -0.300. The molecule has 0 aromatic heterocycles. The van der Waals surface area contributed by atoms with Crippen LogP contribution >= 0.6 is 0 Å². The van der Waals surface area contributed by atoms with E-state index >= 15 is 0 Å². The largest absolute Gasteiger partial charge is 0.396 e. The van der Waals surface area contributed by atoms with Crippen molar-refractivity contribution in [3.8, 4) is 0 Å². The molecule has 0 heterocycles. The van der Waals surface area contributed by atoms with E-state index in [4.69, 9.17) is 5.11 Å². The Morgan fingerprint density at radius 2 is 2.45 bits per heavy atom. The molecular formula is C10H18O. The van der Waals surface area contributed by atoms with E-state index < -0.39 is 0 Å². The first-order chi connectivity index (χ1) is 5.33. The molecule has 11 heavy (non-hydrogen) atoms. The molecule has 0 bridgehead atoms. The molecule has 0 spiro atoms. The highest BCUT2D eigenvalue weighted by molar-refractivity contribution is 5.04. The van der Waals surface area contributed by atoms with Crippen LogP contribution in [0.5, 0.6) is 0 Å². The summed E-state index contributed by atoms with van der Waals surface area (Å²) in [5, 5.41) is 8.64. The number of aliphatic hydroxyl groups is 1. The highest BCUT2D eigenvalue weighted by Crippen LogP contribution is 2.25. The summed E-state index contributed by atoms with van der Waals surface area (Å²) < 4.78 is 0. The highest BCUT2D eigenvalue weighted by atomic mass is 16.2. The summed E-state index contributed by atoms with van der Waals surface area (Å²) in [6.07, 6.45) is 8.49. The fourth-order valence-corrected chi connectivity index (χ4v) is 1.79. The third kappa shape index (κ3) is 3.06. The second-order valence-electron chi connectivity index (χ2n) is 3.53. The van der Waals surface area contributed by atoms with Crippen molar-refractivity contribution in [3.63, 3.8) is 0 Å². The Morgan fingerprint density at radius 3 is 3.09 bits per heavy atom. The van der Waals surface area contributed by atoms with Gasteiger partial charge in [0.05, 0.1) is 0 Å². The zero-order chi connectivity index (χ0) is 8.10. The minimum atomic E-state index is 0.351. The van der Waals surface area contributed by atoms with Crippen LogP contribution in [0.3, 0.4) is 0 Å². The smallest absolute Gasteiger partial charge is 0.0431 e. The molecule has 1 nitrogen and oxygen atoms in total. The standard InChI is InChI=1S/C10H18O/c1-9-4-2-5-10(8-9)6-3-7-11/h8,10-11H,2-7H2,1H3. The van der Waals surface area contributed by atoms with Gasteiger partial charge in [-0.3, -0.25) is 0 Å². The second-order valence-corrected chi connectivity index (χ2v) is 3.53. The molecule has 0 fully saturated rings. The van der Waals surface area contributed by atoms with Crippen LogP contribution in [-0.4, -0.2) is 11.7 Å². The number of rotatable bonds is 3. The van der Waals surface area contributed by atoms with E-state index in [-0.39, 0.29) is 0 Å². The Labute approximate surface area is 69.1 Å². The molecule has 0 aromatic carbocycles. The van der Waals surface area contributed by atoms with Crippen LogP contribution in [0, 0.1) is 5.92 Å². The van der Waals surface area contributed by atoms with Crippen LogP contribution in [0.1, 0.15) is 39.0 Å². The maximum atomic E-state index is 8.64. The van der Waals surface area contributed by atoms with Crippen molar-refractivity contribution >= 4 is 0 Å². The van der Waals surface area contributed by atoms with Gasteiger partial charge < -0.3 is 5.11 Å². The zero-order valence-corrected chi connectivity index (χ0v) is 7.34. The van der Waals surface area contributed by atoms with Crippen LogP contribution in [0.4, 0.5) is 0 Å². The van der Waals surface area contributed by atoms with Crippen LogP contribution < -0.4 is 0 Å². The summed E-state index contributed by atoms with van der Waals surface area (Å²) in [5.41, 5.74) is 1.54. The number of aliphatic hydroxyl groups excluding tert-OH is 1. The van der Waals surface area contributed by atoms with Crippen LogP contribution in [0.25, 0.3) is 0 Å². The van der Waals surface area contributed by atoms with Gasteiger partial charge in [-0.1, -0.05) is 11.6 Å². The van der Waals surface area contributed by atoms with Gasteiger partial charge in [-0.2, -0.15) is 0 Å². The number of hydrogen-bond acceptors (Lipinski definition) is 1. The first kappa shape index (κ1) is 8.79. The van der Waals surface area contributed by atoms with Gasteiger partial charge in [0.15, 0.2) is 0 Å². The molecule has 1 aliphatic carbocycles. The van der Waals surface area contributed by atoms with Crippen molar-refractivity contribution in [1.29, 1.82) is 0 Å². The molecule has 1 unspecified atom stereocenters. The van der Waals surface area contributed by atoms with Crippen molar-refractivity contribution in [2.45, 2.75) is 39.0 Å². The summed E-state index contributed by atoms with van der Waals surface area (Å²) in [6, 6.07) is 0. The lowest BCUT2D eigenvalue weighted by molar-refractivity contribution is 0.274. The topological polar surface area (TPSA) is 20.2 Å². The third-order valence-corrected chi connectivity index (χ3v) is 2.40. The number of allylic oxidation sites excluding steroid dienone is 2. The Morgan fingerprint density at radius 1 is 1.64 bits per heavy atom. The van der Waals surface area contributed by atoms with E-state index in [0.29, 0.717) is 6.61 Å². The van der Waals surface area contributed by atoms with Gasteiger partial charge >= 0.3 is 0 Å². The predicted octanol–water partition coefficient (Wildman–Crippen LogP) is 2.51. The van der Waals surface area contributed by atoms with Crippen LogP contribution in [0.15, 0.2) is 11.6 Å². The summed E-state index contributed by atoms with van der Waals surface area (Å²) in [4.78, 5) is 0. The maximum Gasteiger partial charge on any atom is 0.0431 e. The normalized spacial score (nSPS) is 24.9. The van der Waals surface area contributed by atoms with E-state index in [9.17, 15) is 0 Å². The Bertz CT molecular complexity index is 138. The summed E-state index contributed by atoms with van der Waals surface area (Å²) in [5.74, 6) is 0.760. The monoisotopic (exact) mass is 154 g/mol. The molecule has 0 aliphatic heterocycles. The molecule has 0 saturated carbocycles. The molecule has 0 aromatic rings. The first-order valence-corrected chi connectivity index (χ1v) is 4.61. The fourth-order valence-electron chi connectivity index (χ4n) is 1.79. The van der Waals surface area contributed by atoms with E-state index in [0.717, 1.165) is 12.3 Å². The van der Waals surface area contributed by atoms with Gasteiger partial charge in [0, 0.05) is 6.61 Å². The average molecular weight is 154 g/mol. The minimum Gasteiger partial charge on any atom is -0.396 e. The molecule has 0 amide bonds. The van der Waals surface area contributed by atoms with E-state index in [1.807, 2.05) is 0 Å². The molecular weight excluding hydrogens is 136 g/mol. The second kappa shape index (κ2) is 4.55. The van der Waals surface area contributed by atoms with Crippen molar-refractivity contribution in [3.05, 3.63) is 11.6 Å². The van der Waals surface area contributed by atoms with Gasteiger partial charge in [-0.25, -0.2) is 0 Å². The molecule has 1 rings (SSSR count). The average Bonchev–Trinajstić information content (AvgIpc) is 2.01. The third-order valence-electron chi connectivity index (χ3n) is 2.40. The van der Waals surface area contributed by atoms with E-state index in [1.54, 1.807) is 5.57 Å². The van der Waals surface area contributed by atoms with E-state index in [2.05, 4.69) is 13.0 Å². The van der Waals surface area contributed by atoms with Crippen molar-refractivity contribution in [2.24, 2.45) is 5.92 Å². The molecule has 0 radical (unpaired) electrons. The minimum absolute atomic E-state index is 0.351. The summed E-state index contributed by atoms with van der Waals surface area (Å²) in [7, 11) is 0.